The largest absolute Gasteiger partial charge is 0.391 e. The van der Waals surface area contributed by atoms with Crippen molar-refractivity contribution in [2.75, 3.05) is 20.3 Å². The first-order chi connectivity index (χ1) is 8.13. The minimum atomic E-state index is -0.399. The molecule has 1 aromatic rings. The van der Waals surface area contributed by atoms with Crippen LogP contribution in [0.25, 0.3) is 0 Å². The highest BCUT2D eigenvalue weighted by Crippen LogP contribution is 2.22. The van der Waals surface area contributed by atoms with Crippen molar-refractivity contribution < 1.29 is 9.84 Å². The van der Waals surface area contributed by atoms with Crippen LogP contribution in [-0.2, 0) is 11.3 Å². The maximum Gasteiger partial charge on any atom is 0.0785 e. The summed E-state index contributed by atoms with van der Waals surface area (Å²) in [6.07, 6.45) is 0.284. The normalized spacial score (nSPS) is 12.7. The highest BCUT2D eigenvalue weighted by atomic mass is 79.9. The lowest BCUT2D eigenvalue weighted by Gasteiger charge is -2.10. The molecule has 0 aliphatic rings. The average Bonchev–Trinajstić information content (AvgIpc) is 2.29. The molecule has 17 heavy (non-hydrogen) atoms. The topological polar surface area (TPSA) is 41.5 Å². The maximum atomic E-state index is 9.44. The minimum Gasteiger partial charge on any atom is -0.391 e. The van der Waals surface area contributed by atoms with E-state index in [-0.39, 0.29) is 0 Å². The fourth-order valence-electron chi connectivity index (χ4n) is 1.43. The first-order valence-corrected chi connectivity index (χ1v) is 6.62. The van der Waals surface area contributed by atoms with Gasteiger partial charge in [0.15, 0.2) is 0 Å². The van der Waals surface area contributed by atoms with Crippen LogP contribution in [0.4, 0.5) is 0 Å². The molecule has 1 atom stereocenters. The highest BCUT2D eigenvalue weighted by molar-refractivity contribution is 9.10. The SMILES string of the molecule is COCC(O)CCNCc1ccc(Cl)c(Br)c1. The van der Waals surface area contributed by atoms with Crippen molar-refractivity contribution in [1.29, 1.82) is 0 Å². The van der Waals surface area contributed by atoms with E-state index in [1.54, 1.807) is 7.11 Å². The third-order valence-electron chi connectivity index (χ3n) is 2.33. The third-order valence-corrected chi connectivity index (χ3v) is 3.54. The van der Waals surface area contributed by atoms with Gasteiger partial charge in [-0.05, 0) is 46.6 Å². The molecule has 0 aliphatic heterocycles. The van der Waals surface area contributed by atoms with Gasteiger partial charge in [-0.15, -0.1) is 0 Å². The van der Waals surface area contributed by atoms with E-state index in [2.05, 4.69) is 21.2 Å². The van der Waals surface area contributed by atoms with Crippen LogP contribution >= 0.6 is 27.5 Å². The van der Waals surface area contributed by atoms with Gasteiger partial charge in [0.25, 0.3) is 0 Å². The zero-order chi connectivity index (χ0) is 12.7. The molecule has 5 heteroatoms. The molecule has 0 fully saturated rings. The first-order valence-electron chi connectivity index (χ1n) is 5.45. The highest BCUT2D eigenvalue weighted by Gasteiger charge is 2.03. The Bertz CT molecular complexity index is 349. The van der Waals surface area contributed by atoms with Gasteiger partial charge in [0.1, 0.15) is 0 Å². The van der Waals surface area contributed by atoms with Crippen LogP contribution in [-0.4, -0.2) is 31.5 Å². The van der Waals surface area contributed by atoms with E-state index in [1.165, 1.54) is 0 Å². The van der Waals surface area contributed by atoms with Crippen LogP contribution in [0.2, 0.25) is 5.02 Å². The monoisotopic (exact) mass is 321 g/mol. The lowest BCUT2D eigenvalue weighted by molar-refractivity contribution is 0.0594. The van der Waals surface area contributed by atoms with Crippen LogP contribution in [0, 0.1) is 0 Å². The molecular weight excluding hydrogens is 305 g/mol. The van der Waals surface area contributed by atoms with E-state index in [1.807, 2.05) is 18.2 Å². The molecular formula is C12H17BrClNO2. The number of methoxy groups -OCH3 is 1. The third kappa shape index (κ3) is 5.84. The molecule has 0 saturated heterocycles. The van der Waals surface area contributed by atoms with Gasteiger partial charge in [-0.3, -0.25) is 0 Å². The fourth-order valence-corrected chi connectivity index (χ4v) is 1.97. The zero-order valence-corrected chi connectivity index (χ0v) is 12.1. The Labute approximate surface area is 115 Å². The Balaban J connectivity index is 2.24. The summed E-state index contributed by atoms with van der Waals surface area (Å²) in [6, 6.07) is 5.83. The predicted octanol–water partition coefficient (Wildman–Crippen LogP) is 2.59. The summed E-state index contributed by atoms with van der Waals surface area (Å²) >= 11 is 9.29. The maximum absolute atomic E-state index is 9.44. The van der Waals surface area contributed by atoms with Crippen molar-refractivity contribution in [2.45, 2.75) is 19.1 Å². The van der Waals surface area contributed by atoms with Crippen molar-refractivity contribution >= 4 is 27.5 Å². The summed E-state index contributed by atoms with van der Waals surface area (Å²) in [5.41, 5.74) is 1.16. The van der Waals surface area contributed by atoms with Gasteiger partial charge in [-0.25, -0.2) is 0 Å². The second-order valence-corrected chi connectivity index (χ2v) is 5.08. The fraction of sp³-hybridized carbons (Fsp3) is 0.500. The van der Waals surface area contributed by atoms with Gasteiger partial charge >= 0.3 is 0 Å². The molecule has 0 spiro atoms. The van der Waals surface area contributed by atoms with Crippen molar-refractivity contribution in [3.05, 3.63) is 33.3 Å². The summed E-state index contributed by atoms with van der Waals surface area (Å²) in [5.74, 6) is 0. The van der Waals surface area contributed by atoms with Crippen molar-refractivity contribution in [3.63, 3.8) is 0 Å². The lowest BCUT2D eigenvalue weighted by atomic mass is 10.2. The average molecular weight is 323 g/mol. The van der Waals surface area contributed by atoms with E-state index < -0.39 is 6.10 Å². The standard InChI is InChI=1S/C12H17BrClNO2/c1-17-8-10(16)4-5-15-7-9-2-3-12(14)11(13)6-9/h2-3,6,10,15-16H,4-5,7-8H2,1H3. The molecule has 0 radical (unpaired) electrons. The van der Waals surface area contributed by atoms with E-state index in [4.69, 9.17) is 16.3 Å². The van der Waals surface area contributed by atoms with Gasteiger partial charge in [0.2, 0.25) is 0 Å². The molecule has 0 aromatic heterocycles. The molecule has 0 bridgehead atoms. The summed E-state index contributed by atoms with van der Waals surface area (Å²) in [4.78, 5) is 0. The second-order valence-electron chi connectivity index (χ2n) is 3.82. The molecule has 2 N–H and O–H groups in total. The van der Waals surface area contributed by atoms with Crippen LogP contribution in [0.1, 0.15) is 12.0 Å². The van der Waals surface area contributed by atoms with E-state index in [0.717, 1.165) is 23.1 Å². The Morgan fingerprint density at radius 3 is 2.94 bits per heavy atom. The van der Waals surface area contributed by atoms with Crippen LogP contribution < -0.4 is 5.32 Å². The molecule has 1 unspecified atom stereocenters. The Morgan fingerprint density at radius 1 is 1.53 bits per heavy atom. The molecule has 1 rings (SSSR count). The lowest BCUT2D eigenvalue weighted by Crippen LogP contribution is -2.23. The summed E-state index contributed by atoms with van der Waals surface area (Å²) in [6.45, 7) is 1.90. The number of halogens is 2. The van der Waals surface area contributed by atoms with Gasteiger partial charge in [-0.1, -0.05) is 17.7 Å². The smallest absolute Gasteiger partial charge is 0.0785 e. The number of nitrogens with one attached hydrogen (secondary N) is 1. The molecule has 1 aromatic carbocycles. The molecule has 3 nitrogen and oxygen atoms in total. The van der Waals surface area contributed by atoms with Gasteiger partial charge in [-0.2, -0.15) is 0 Å². The number of hydrogen-bond acceptors (Lipinski definition) is 3. The summed E-state index contributed by atoms with van der Waals surface area (Å²) in [5, 5.41) is 13.4. The Hall–Kier alpha value is -0.130. The Morgan fingerprint density at radius 2 is 2.29 bits per heavy atom. The second kappa shape index (κ2) is 8.06. The van der Waals surface area contributed by atoms with Crippen LogP contribution in [0.5, 0.6) is 0 Å². The number of benzene rings is 1. The van der Waals surface area contributed by atoms with Crippen molar-refractivity contribution in [2.24, 2.45) is 0 Å². The minimum absolute atomic E-state index is 0.383. The zero-order valence-electron chi connectivity index (χ0n) is 9.75. The number of aliphatic hydroxyl groups is 1. The quantitative estimate of drug-likeness (QED) is 0.758. The summed E-state index contributed by atoms with van der Waals surface area (Å²) in [7, 11) is 1.59. The van der Waals surface area contributed by atoms with Crippen molar-refractivity contribution in [3.8, 4) is 0 Å². The molecule has 0 heterocycles. The molecule has 0 aliphatic carbocycles. The van der Waals surface area contributed by atoms with Gasteiger partial charge < -0.3 is 15.2 Å². The van der Waals surface area contributed by atoms with Crippen LogP contribution in [0.3, 0.4) is 0 Å². The number of hydrogen-bond donors (Lipinski definition) is 2. The predicted molar refractivity (Wildman–Crippen MR) is 73.4 cm³/mol. The van der Waals surface area contributed by atoms with Crippen molar-refractivity contribution in [1.82, 2.24) is 5.32 Å². The molecule has 96 valence electrons. The van der Waals surface area contributed by atoms with Gasteiger partial charge in [0.05, 0.1) is 17.7 Å². The summed E-state index contributed by atoms with van der Waals surface area (Å²) < 4.78 is 5.75. The number of aliphatic hydroxyl groups excluding tert-OH is 1. The van der Waals surface area contributed by atoms with Gasteiger partial charge in [0, 0.05) is 18.1 Å². The first kappa shape index (κ1) is 14.9. The van der Waals surface area contributed by atoms with Crippen LogP contribution in [0.15, 0.2) is 22.7 Å². The van der Waals surface area contributed by atoms with E-state index >= 15 is 0 Å². The van der Waals surface area contributed by atoms with E-state index in [0.29, 0.717) is 18.1 Å². The number of rotatable bonds is 7. The number of ether oxygens (including phenoxy) is 1. The Kier molecular flexibility index (Phi) is 7.08. The molecule has 0 amide bonds. The van der Waals surface area contributed by atoms with E-state index in [9.17, 15) is 5.11 Å². The molecule has 0 saturated carbocycles.